The molecule has 0 heterocycles. The highest BCUT2D eigenvalue weighted by molar-refractivity contribution is 5.98. The Kier molecular flexibility index (Phi) is 3.73. The minimum atomic E-state index is -1.14. The average Bonchev–Trinajstić information content (AvgIpc) is 2.14. The van der Waals surface area contributed by atoms with Crippen LogP contribution < -0.4 is 0 Å². The Morgan fingerprint density at radius 1 is 1.06 bits per heavy atom. The minimum Gasteiger partial charge on any atom is -0.294 e. The van der Waals surface area contributed by atoms with Crippen molar-refractivity contribution in [2.24, 2.45) is 11.8 Å². The molecule has 0 radical (unpaired) electrons. The van der Waals surface area contributed by atoms with E-state index in [9.17, 15) is 18.0 Å². The molecule has 16 heavy (non-hydrogen) atoms. The zero-order chi connectivity index (χ0) is 12.5. The fourth-order valence-electron chi connectivity index (χ4n) is 1.31. The summed E-state index contributed by atoms with van der Waals surface area (Å²) in [4.78, 5) is 11.7. The van der Waals surface area contributed by atoms with Crippen LogP contribution in [-0.4, -0.2) is 5.78 Å². The normalized spacial score (nSPS) is 12.9. The standard InChI is InChI=1S/C12H13F3O/c1-6(2)7(3)12(16)11-9(14)4-8(13)5-10(11)15/h4-7H,1-3H3. The molecule has 0 amide bonds. The van der Waals surface area contributed by atoms with Crippen LogP contribution in [0.5, 0.6) is 0 Å². The highest BCUT2D eigenvalue weighted by Gasteiger charge is 2.25. The average molecular weight is 230 g/mol. The molecule has 0 saturated heterocycles. The molecule has 1 rings (SSSR count). The van der Waals surface area contributed by atoms with Crippen molar-refractivity contribution in [1.82, 2.24) is 0 Å². The molecule has 88 valence electrons. The fourth-order valence-corrected chi connectivity index (χ4v) is 1.31. The maximum Gasteiger partial charge on any atom is 0.171 e. The number of Topliss-reactive ketones (excluding diaryl/α,β-unsaturated/α-hetero) is 1. The number of carbonyl (C=O) groups is 1. The zero-order valence-corrected chi connectivity index (χ0v) is 9.35. The Morgan fingerprint density at radius 3 is 1.88 bits per heavy atom. The lowest BCUT2D eigenvalue weighted by atomic mass is 9.89. The van der Waals surface area contributed by atoms with E-state index in [1.165, 1.54) is 0 Å². The van der Waals surface area contributed by atoms with Crippen LogP contribution in [0.15, 0.2) is 12.1 Å². The third-order valence-electron chi connectivity index (χ3n) is 2.67. The van der Waals surface area contributed by atoms with E-state index in [1.54, 1.807) is 20.8 Å². The molecule has 0 aliphatic rings. The Balaban J connectivity index is 3.19. The Labute approximate surface area is 92.3 Å². The fraction of sp³-hybridized carbons (Fsp3) is 0.417. The molecular weight excluding hydrogens is 217 g/mol. The van der Waals surface area contributed by atoms with Crippen LogP contribution in [-0.2, 0) is 0 Å². The van der Waals surface area contributed by atoms with Gasteiger partial charge in [0.15, 0.2) is 5.78 Å². The van der Waals surface area contributed by atoms with Crippen molar-refractivity contribution in [2.45, 2.75) is 20.8 Å². The Hall–Kier alpha value is -1.32. The third-order valence-corrected chi connectivity index (χ3v) is 2.67. The largest absolute Gasteiger partial charge is 0.294 e. The SMILES string of the molecule is CC(C)C(C)C(=O)c1c(F)cc(F)cc1F. The summed E-state index contributed by atoms with van der Waals surface area (Å²) in [7, 11) is 0. The zero-order valence-electron chi connectivity index (χ0n) is 9.35. The van der Waals surface area contributed by atoms with Gasteiger partial charge in [-0.2, -0.15) is 0 Å². The monoisotopic (exact) mass is 230 g/mol. The summed E-state index contributed by atoms with van der Waals surface area (Å²) in [5, 5.41) is 0. The van der Waals surface area contributed by atoms with Crippen molar-refractivity contribution in [3.05, 3.63) is 35.1 Å². The second-order valence-corrected chi connectivity index (χ2v) is 4.14. The van der Waals surface area contributed by atoms with E-state index < -0.39 is 34.7 Å². The summed E-state index contributed by atoms with van der Waals surface area (Å²) in [5.41, 5.74) is -0.650. The molecule has 1 atom stereocenters. The van der Waals surface area contributed by atoms with Gasteiger partial charge in [-0.05, 0) is 5.92 Å². The van der Waals surface area contributed by atoms with Crippen LogP contribution in [0.1, 0.15) is 31.1 Å². The van der Waals surface area contributed by atoms with Gasteiger partial charge in [0.25, 0.3) is 0 Å². The van der Waals surface area contributed by atoms with Crippen LogP contribution in [0.4, 0.5) is 13.2 Å². The lowest BCUT2D eigenvalue weighted by Gasteiger charge is -2.15. The van der Waals surface area contributed by atoms with E-state index >= 15 is 0 Å². The lowest BCUT2D eigenvalue weighted by Crippen LogP contribution is -2.19. The number of benzene rings is 1. The van der Waals surface area contributed by atoms with Gasteiger partial charge >= 0.3 is 0 Å². The molecule has 0 aromatic heterocycles. The van der Waals surface area contributed by atoms with Crippen LogP contribution in [0, 0.1) is 29.3 Å². The predicted molar refractivity (Wildman–Crippen MR) is 54.6 cm³/mol. The predicted octanol–water partition coefficient (Wildman–Crippen LogP) is 3.58. The summed E-state index contributed by atoms with van der Waals surface area (Å²) in [6.07, 6.45) is 0. The molecule has 0 aliphatic carbocycles. The Bertz CT molecular complexity index is 390. The molecule has 0 spiro atoms. The molecular formula is C12H13F3O. The maximum absolute atomic E-state index is 13.3. The van der Waals surface area contributed by atoms with Gasteiger partial charge in [0.1, 0.15) is 17.5 Å². The van der Waals surface area contributed by atoms with Crippen molar-refractivity contribution >= 4 is 5.78 Å². The molecule has 1 aromatic carbocycles. The van der Waals surface area contributed by atoms with Crippen molar-refractivity contribution in [1.29, 1.82) is 0 Å². The van der Waals surface area contributed by atoms with E-state index in [-0.39, 0.29) is 5.92 Å². The second-order valence-electron chi connectivity index (χ2n) is 4.14. The summed E-state index contributed by atoms with van der Waals surface area (Å²) in [6, 6.07) is 1.03. The molecule has 1 nitrogen and oxygen atoms in total. The van der Waals surface area contributed by atoms with Gasteiger partial charge in [0, 0.05) is 18.1 Å². The minimum absolute atomic E-state index is 0.0312. The van der Waals surface area contributed by atoms with E-state index in [4.69, 9.17) is 0 Å². The van der Waals surface area contributed by atoms with Gasteiger partial charge < -0.3 is 0 Å². The lowest BCUT2D eigenvalue weighted by molar-refractivity contribution is 0.0891. The van der Waals surface area contributed by atoms with Crippen LogP contribution in [0.3, 0.4) is 0 Å². The third kappa shape index (κ3) is 2.43. The van der Waals surface area contributed by atoms with Crippen molar-refractivity contribution < 1.29 is 18.0 Å². The van der Waals surface area contributed by atoms with Gasteiger partial charge in [-0.1, -0.05) is 20.8 Å². The summed E-state index contributed by atoms with van der Waals surface area (Å²) >= 11 is 0. The quantitative estimate of drug-likeness (QED) is 0.725. The number of hydrogen-bond acceptors (Lipinski definition) is 1. The number of hydrogen-bond donors (Lipinski definition) is 0. The molecule has 4 heteroatoms. The smallest absolute Gasteiger partial charge is 0.171 e. The number of halogens is 3. The van der Waals surface area contributed by atoms with E-state index in [1.807, 2.05) is 0 Å². The first-order valence-corrected chi connectivity index (χ1v) is 5.03. The van der Waals surface area contributed by atoms with Gasteiger partial charge in [-0.25, -0.2) is 13.2 Å². The molecule has 0 fully saturated rings. The molecule has 0 aliphatic heterocycles. The van der Waals surface area contributed by atoms with Crippen molar-refractivity contribution in [2.75, 3.05) is 0 Å². The van der Waals surface area contributed by atoms with Crippen molar-refractivity contribution in [3.8, 4) is 0 Å². The Morgan fingerprint density at radius 2 is 1.50 bits per heavy atom. The molecule has 0 bridgehead atoms. The first-order valence-electron chi connectivity index (χ1n) is 5.03. The highest BCUT2D eigenvalue weighted by atomic mass is 19.1. The first-order chi connectivity index (χ1) is 7.34. The molecule has 1 unspecified atom stereocenters. The van der Waals surface area contributed by atoms with Crippen molar-refractivity contribution in [3.63, 3.8) is 0 Å². The van der Waals surface area contributed by atoms with Crippen LogP contribution in [0.25, 0.3) is 0 Å². The van der Waals surface area contributed by atoms with E-state index in [0.717, 1.165) is 0 Å². The summed E-state index contributed by atoms with van der Waals surface area (Å²) < 4.78 is 39.2. The molecule has 0 N–H and O–H groups in total. The number of ketones is 1. The summed E-state index contributed by atoms with van der Waals surface area (Å²) in [6.45, 7) is 5.15. The number of carbonyl (C=O) groups excluding carboxylic acids is 1. The topological polar surface area (TPSA) is 17.1 Å². The van der Waals surface area contributed by atoms with E-state index in [0.29, 0.717) is 12.1 Å². The molecule has 1 aromatic rings. The van der Waals surface area contributed by atoms with Gasteiger partial charge in [0.05, 0.1) is 5.56 Å². The summed E-state index contributed by atoms with van der Waals surface area (Å²) in [5.74, 6) is -4.48. The highest BCUT2D eigenvalue weighted by Crippen LogP contribution is 2.22. The molecule has 0 saturated carbocycles. The van der Waals surface area contributed by atoms with Gasteiger partial charge in [0.2, 0.25) is 0 Å². The van der Waals surface area contributed by atoms with Gasteiger partial charge in [-0.3, -0.25) is 4.79 Å². The van der Waals surface area contributed by atoms with E-state index in [2.05, 4.69) is 0 Å². The van der Waals surface area contributed by atoms with Crippen LogP contribution >= 0.6 is 0 Å². The first kappa shape index (κ1) is 12.7. The second kappa shape index (κ2) is 4.68. The maximum atomic E-state index is 13.3. The number of rotatable bonds is 3. The van der Waals surface area contributed by atoms with Gasteiger partial charge in [-0.15, -0.1) is 0 Å². The van der Waals surface area contributed by atoms with Crippen LogP contribution in [0.2, 0.25) is 0 Å².